The van der Waals surface area contributed by atoms with E-state index in [0.29, 0.717) is 27.4 Å². The summed E-state index contributed by atoms with van der Waals surface area (Å²) in [6, 6.07) is 17.3. The van der Waals surface area contributed by atoms with Crippen LogP contribution in [0.5, 0.6) is 0 Å². The summed E-state index contributed by atoms with van der Waals surface area (Å²) in [4.78, 5) is 27.4. The average Bonchev–Trinajstić information content (AvgIpc) is 2.84. The minimum Gasteiger partial charge on any atom is -0.324 e. The highest BCUT2D eigenvalue weighted by atomic mass is 79.9. The summed E-state index contributed by atoms with van der Waals surface area (Å²) in [6.07, 6.45) is 0. The maximum atomic E-state index is 13.5. The van der Waals surface area contributed by atoms with Gasteiger partial charge < -0.3 is 10.2 Å². The van der Waals surface area contributed by atoms with Gasteiger partial charge in [0, 0.05) is 26.3 Å². The van der Waals surface area contributed by atoms with Gasteiger partial charge in [0.15, 0.2) is 0 Å². The smallest absolute Gasteiger partial charge is 0.255 e. The Balaban J connectivity index is 1.88. The topological polar surface area (TPSA) is 49.4 Å². The largest absolute Gasteiger partial charge is 0.324 e. The fraction of sp³-hybridized carbons (Fsp3) is 0.0909. The molecule has 29 heavy (non-hydrogen) atoms. The van der Waals surface area contributed by atoms with E-state index < -0.39 is 6.04 Å². The number of nitrogens with one attached hydrogen (secondary N) is 1. The maximum absolute atomic E-state index is 13.5. The normalized spacial score (nSPS) is 16.0. The van der Waals surface area contributed by atoms with Gasteiger partial charge in [0.25, 0.3) is 5.91 Å². The third-order valence-electron chi connectivity index (χ3n) is 4.75. The molecule has 0 saturated heterocycles. The summed E-state index contributed by atoms with van der Waals surface area (Å²) < 4.78 is 14.4. The number of amides is 2. The van der Waals surface area contributed by atoms with Crippen LogP contribution in [0.2, 0.25) is 5.02 Å². The van der Waals surface area contributed by atoms with Crippen molar-refractivity contribution in [3.8, 4) is 0 Å². The molecule has 0 spiro atoms. The van der Waals surface area contributed by atoms with Crippen LogP contribution in [0.25, 0.3) is 0 Å². The number of carbonyl (C=O) groups excluding carboxylic acids is 2. The summed E-state index contributed by atoms with van der Waals surface area (Å²) >= 11 is 9.58. The second kappa shape index (κ2) is 7.97. The number of carbonyl (C=O) groups is 2. The molecule has 0 saturated carbocycles. The van der Waals surface area contributed by atoms with Crippen molar-refractivity contribution in [1.82, 2.24) is 4.90 Å². The van der Waals surface area contributed by atoms with Crippen molar-refractivity contribution in [3.05, 3.63) is 98.7 Å². The molecule has 2 amide bonds. The zero-order valence-electron chi connectivity index (χ0n) is 15.0. The van der Waals surface area contributed by atoms with Gasteiger partial charge in [-0.2, -0.15) is 0 Å². The summed E-state index contributed by atoms with van der Waals surface area (Å²) in [7, 11) is 0. The van der Waals surface area contributed by atoms with Gasteiger partial charge in [-0.15, -0.1) is 0 Å². The van der Waals surface area contributed by atoms with Gasteiger partial charge in [0.1, 0.15) is 12.4 Å². The number of anilines is 1. The van der Waals surface area contributed by atoms with Crippen LogP contribution in [0, 0.1) is 5.82 Å². The lowest BCUT2D eigenvalue weighted by Gasteiger charge is -2.30. The number of hydrogen-bond acceptors (Lipinski definition) is 2. The number of halogens is 3. The standard InChI is InChI=1S/C22H15BrClFN2O2/c23-15-5-1-14(2-6-15)22(29)27-12-20(28)26-19-10-7-16(24)11-18(19)21(27)13-3-8-17(25)9-4-13/h1-11,21H,12H2,(H,26,28). The predicted octanol–water partition coefficient (Wildman–Crippen LogP) is 5.43. The number of fused-ring (bicyclic) bond motifs is 1. The molecule has 1 aliphatic heterocycles. The molecule has 1 atom stereocenters. The quantitative estimate of drug-likeness (QED) is 0.540. The SMILES string of the molecule is O=C1CN(C(=O)c2ccc(Br)cc2)C(c2ccc(F)cc2)c2cc(Cl)ccc2N1. The highest BCUT2D eigenvalue weighted by Crippen LogP contribution is 2.38. The Hall–Kier alpha value is -2.70. The summed E-state index contributed by atoms with van der Waals surface area (Å²) in [5.41, 5.74) is 2.36. The zero-order valence-corrected chi connectivity index (χ0v) is 17.4. The molecule has 0 aromatic heterocycles. The minimum absolute atomic E-state index is 0.150. The highest BCUT2D eigenvalue weighted by molar-refractivity contribution is 9.10. The fourth-order valence-corrected chi connectivity index (χ4v) is 3.87. The van der Waals surface area contributed by atoms with Crippen LogP contribution in [0.4, 0.5) is 10.1 Å². The highest BCUT2D eigenvalue weighted by Gasteiger charge is 2.34. The zero-order chi connectivity index (χ0) is 20.5. The second-order valence-electron chi connectivity index (χ2n) is 6.67. The van der Waals surface area contributed by atoms with Gasteiger partial charge in [-0.25, -0.2) is 4.39 Å². The van der Waals surface area contributed by atoms with Gasteiger partial charge >= 0.3 is 0 Å². The summed E-state index contributed by atoms with van der Waals surface area (Å²) in [5, 5.41) is 3.31. The van der Waals surface area contributed by atoms with E-state index in [2.05, 4.69) is 21.2 Å². The molecule has 0 aliphatic carbocycles. The van der Waals surface area contributed by atoms with Crippen molar-refractivity contribution in [1.29, 1.82) is 0 Å². The first-order chi connectivity index (χ1) is 13.9. The van der Waals surface area contributed by atoms with E-state index in [4.69, 9.17) is 11.6 Å². The van der Waals surface area contributed by atoms with Gasteiger partial charge in [-0.1, -0.05) is 39.7 Å². The fourth-order valence-electron chi connectivity index (χ4n) is 3.43. The number of nitrogens with zero attached hydrogens (tertiary/aromatic N) is 1. The molecule has 3 aromatic rings. The first-order valence-electron chi connectivity index (χ1n) is 8.83. The van der Waals surface area contributed by atoms with Gasteiger partial charge in [-0.3, -0.25) is 9.59 Å². The van der Waals surface area contributed by atoms with Gasteiger partial charge in [0.2, 0.25) is 5.91 Å². The molecule has 146 valence electrons. The van der Waals surface area contributed by atoms with E-state index in [1.165, 1.54) is 17.0 Å². The molecule has 3 aromatic carbocycles. The molecule has 0 radical (unpaired) electrons. The van der Waals surface area contributed by atoms with Crippen LogP contribution in [-0.4, -0.2) is 23.3 Å². The summed E-state index contributed by atoms with van der Waals surface area (Å²) in [5.74, 6) is -1.01. The molecule has 1 unspecified atom stereocenters. The van der Waals surface area contributed by atoms with E-state index >= 15 is 0 Å². The van der Waals surface area contributed by atoms with Crippen molar-refractivity contribution >= 4 is 45.0 Å². The molecule has 1 heterocycles. The van der Waals surface area contributed by atoms with Crippen LogP contribution < -0.4 is 5.32 Å². The lowest BCUT2D eigenvalue weighted by molar-refractivity contribution is -0.117. The van der Waals surface area contributed by atoms with Crippen LogP contribution in [-0.2, 0) is 4.79 Å². The molecule has 0 bridgehead atoms. The van der Waals surface area contributed by atoms with E-state index in [-0.39, 0.29) is 24.2 Å². The lowest BCUT2D eigenvalue weighted by Crippen LogP contribution is -2.39. The van der Waals surface area contributed by atoms with Crippen LogP contribution in [0.1, 0.15) is 27.5 Å². The first-order valence-corrected chi connectivity index (χ1v) is 10.0. The molecule has 0 fully saturated rings. The second-order valence-corrected chi connectivity index (χ2v) is 8.03. The van der Waals surface area contributed by atoms with E-state index in [1.807, 2.05) is 0 Å². The van der Waals surface area contributed by atoms with Crippen LogP contribution >= 0.6 is 27.5 Å². The minimum atomic E-state index is -0.612. The number of rotatable bonds is 2. The molecule has 1 N–H and O–H groups in total. The molecular formula is C22H15BrClFN2O2. The van der Waals surface area contributed by atoms with E-state index in [0.717, 1.165) is 4.47 Å². The third-order valence-corrected chi connectivity index (χ3v) is 5.51. The Morgan fingerprint density at radius 3 is 2.45 bits per heavy atom. The molecule has 1 aliphatic rings. The third kappa shape index (κ3) is 4.04. The Morgan fingerprint density at radius 1 is 1.07 bits per heavy atom. The molecule has 7 heteroatoms. The van der Waals surface area contributed by atoms with E-state index in [9.17, 15) is 14.0 Å². The molecule has 4 rings (SSSR count). The van der Waals surface area contributed by atoms with Gasteiger partial charge in [-0.05, 0) is 60.2 Å². The lowest BCUT2D eigenvalue weighted by atomic mass is 9.95. The van der Waals surface area contributed by atoms with Crippen molar-refractivity contribution in [2.24, 2.45) is 0 Å². The summed E-state index contributed by atoms with van der Waals surface area (Å²) in [6.45, 7) is -0.150. The van der Waals surface area contributed by atoms with Crippen molar-refractivity contribution in [2.75, 3.05) is 11.9 Å². The molecular weight excluding hydrogens is 459 g/mol. The van der Waals surface area contributed by atoms with Gasteiger partial charge in [0.05, 0.1) is 6.04 Å². The van der Waals surface area contributed by atoms with E-state index in [1.54, 1.807) is 54.6 Å². The number of hydrogen-bond donors (Lipinski definition) is 1. The van der Waals surface area contributed by atoms with Crippen molar-refractivity contribution < 1.29 is 14.0 Å². The Labute approximate surface area is 180 Å². The van der Waals surface area contributed by atoms with Crippen molar-refractivity contribution in [3.63, 3.8) is 0 Å². The van der Waals surface area contributed by atoms with Crippen LogP contribution in [0.15, 0.2) is 71.2 Å². The Morgan fingerprint density at radius 2 is 1.76 bits per heavy atom. The monoisotopic (exact) mass is 472 g/mol. The average molecular weight is 474 g/mol. The number of benzene rings is 3. The Bertz CT molecular complexity index is 1090. The predicted molar refractivity (Wildman–Crippen MR) is 114 cm³/mol. The molecule has 4 nitrogen and oxygen atoms in total. The first kappa shape index (κ1) is 19.6. The Kier molecular flexibility index (Phi) is 5.39. The maximum Gasteiger partial charge on any atom is 0.255 e. The van der Waals surface area contributed by atoms with Crippen molar-refractivity contribution in [2.45, 2.75) is 6.04 Å². The van der Waals surface area contributed by atoms with Crippen LogP contribution in [0.3, 0.4) is 0 Å².